The van der Waals surface area contributed by atoms with Crippen LogP contribution in [0.15, 0.2) is 53.7 Å². The van der Waals surface area contributed by atoms with Crippen LogP contribution in [0.1, 0.15) is 77.0 Å². The lowest BCUT2D eigenvalue weighted by Crippen LogP contribution is -2.10. The first kappa shape index (κ1) is 35.1. The normalized spacial score (nSPS) is 24.3. The zero-order valence-electron chi connectivity index (χ0n) is 24.3. The van der Waals surface area contributed by atoms with Crippen LogP contribution in [0.4, 0.5) is 0 Å². The van der Waals surface area contributed by atoms with Crippen LogP contribution in [0.5, 0.6) is 0 Å². The van der Waals surface area contributed by atoms with Crippen molar-refractivity contribution in [1.29, 1.82) is 0 Å². The second-order valence-electron chi connectivity index (χ2n) is 10.6. The average molecular weight is 564 g/mol. The van der Waals surface area contributed by atoms with E-state index in [9.17, 15) is 8.42 Å². The van der Waals surface area contributed by atoms with Gasteiger partial charge in [0.15, 0.2) is 0 Å². The minimum Gasteiger partial charge on any atom is -0.330 e. The number of azide groups is 1. The second kappa shape index (κ2) is 22.9. The van der Waals surface area contributed by atoms with Crippen molar-refractivity contribution < 1.29 is 12.6 Å². The van der Waals surface area contributed by atoms with Crippen molar-refractivity contribution in [2.24, 2.45) is 34.5 Å². The molecule has 9 heteroatoms. The molecule has 222 valence electrons. The molecule has 4 unspecified atom stereocenters. The maximum atomic E-state index is 10.6. The summed E-state index contributed by atoms with van der Waals surface area (Å²) in [6, 6.07) is 0. The molecule has 0 heterocycles. The quantitative estimate of drug-likeness (QED) is 0.0883. The van der Waals surface area contributed by atoms with Crippen LogP contribution in [0.2, 0.25) is 0 Å². The third-order valence-electron chi connectivity index (χ3n) is 7.20. The minimum atomic E-state index is -3.24. The fraction of sp³-hybridized carbons (Fsp3) is 0.733. The number of rotatable bonds is 12. The highest BCUT2D eigenvalue weighted by Crippen LogP contribution is 2.21. The SMILES string of the molecule is CNCCC1C=CCC1.CS(=O)(=O)OCCC1C=CCC1.NCCC1C=CCC1.[N-]=[N+]=NCCC1C=CCC1. The Bertz CT molecular complexity index is 894. The topological polar surface area (TPSA) is 130 Å². The molecule has 0 aromatic rings. The Balaban J connectivity index is 0.000000263. The molecule has 39 heavy (non-hydrogen) atoms. The molecule has 0 amide bonds. The summed E-state index contributed by atoms with van der Waals surface area (Å²) in [5.41, 5.74) is 13.4. The first-order chi connectivity index (χ1) is 18.9. The standard InChI is InChI=1S/C8H15N.C8H14O3S.C7H11N3.C7H13N/c1-9-7-6-8-4-2-3-5-8;1-12(9,10)11-7-6-8-4-2-3-5-8;8-10-9-6-5-7-3-1-2-4-7;8-6-5-7-3-1-2-4-7/h2,4,8-9H,3,5-7H2,1H3;2,4,8H,3,5-7H2,1H3;1,3,7H,2,4-6H2;1,3,7H,2,4-6,8H2. The van der Waals surface area contributed by atoms with Gasteiger partial charge in [0.25, 0.3) is 10.1 Å². The molecular weight excluding hydrogens is 510 g/mol. The van der Waals surface area contributed by atoms with Gasteiger partial charge in [-0.3, -0.25) is 4.18 Å². The summed E-state index contributed by atoms with van der Waals surface area (Å²) in [5.74, 6) is 2.87. The van der Waals surface area contributed by atoms with Gasteiger partial charge in [-0.2, -0.15) is 8.42 Å². The van der Waals surface area contributed by atoms with Gasteiger partial charge in [-0.25, -0.2) is 0 Å². The van der Waals surface area contributed by atoms with E-state index >= 15 is 0 Å². The van der Waals surface area contributed by atoms with Crippen LogP contribution in [-0.4, -0.2) is 48.0 Å². The van der Waals surface area contributed by atoms with Crippen LogP contribution in [0.3, 0.4) is 0 Å². The van der Waals surface area contributed by atoms with Crippen molar-refractivity contribution >= 4 is 10.1 Å². The van der Waals surface area contributed by atoms with E-state index in [2.05, 4.69) is 68.1 Å². The molecule has 8 nitrogen and oxygen atoms in total. The highest BCUT2D eigenvalue weighted by atomic mass is 32.2. The fourth-order valence-corrected chi connectivity index (χ4v) is 5.30. The molecule has 4 atom stereocenters. The van der Waals surface area contributed by atoms with Crippen molar-refractivity contribution in [2.45, 2.75) is 77.0 Å². The van der Waals surface area contributed by atoms with Crippen molar-refractivity contribution in [3.8, 4) is 0 Å². The third kappa shape index (κ3) is 20.6. The number of hydrogen-bond acceptors (Lipinski definition) is 6. The van der Waals surface area contributed by atoms with Crippen molar-refractivity contribution in [3.05, 3.63) is 59.1 Å². The number of hydrogen-bond donors (Lipinski definition) is 2. The summed E-state index contributed by atoms with van der Waals surface area (Å²) in [6.07, 6.45) is 33.2. The predicted molar refractivity (Wildman–Crippen MR) is 164 cm³/mol. The molecule has 0 bridgehead atoms. The zero-order chi connectivity index (χ0) is 28.6. The van der Waals surface area contributed by atoms with E-state index in [-0.39, 0.29) is 0 Å². The minimum absolute atomic E-state index is 0.313. The molecule has 0 saturated carbocycles. The summed E-state index contributed by atoms with van der Waals surface area (Å²) in [6.45, 7) is 2.96. The van der Waals surface area contributed by atoms with Gasteiger partial charge in [0.2, 0.25) is 0 Å². The molecule has 0 aromatic carbocycles. The molecule has 0 aromatic heterocycles. The molecule has 4 aliphatic rings. The van der Waals surface area contributed by atoms with Gasteiger partial charge in [0.05, 0.1) is 12.9 Å². The highest BCUT2D eigenvalue weighted by Gasteiger charge is 2.10. The van der Waals surface area contributed by atoms with Gasteiger partial charge >= 0.3 is 0 Å². The third-order valence-corrected chi connectivity index (χ3v) is 7.80. The number of nitrogens with one attached hydrogen (secondary N) is 1. The number of nitrogens with zero attached hydrogens (tertiary/aromatic N) is 3. The lowest BCUT2D eigenvalue weighted by molar-refractivity contribution is 0.297. The monoisotopic (exact) mass is 563 g/mol. The molecule has 3 N–H and O–H groups in total. The van der Waals surface area contributed by atoms with E-state index in [0.29, 0.717) is 25.0 Å². The summed E-state index contributed by atoms with van der Waals surface area (Å²) in [7, 11) is -1.23. The lowest BCUT2D eigenvalue weighted by atomic mass is 10.1. The Morgan fingerprint density at radius 1 is 0.846 bits per heavy atom. The van der Waals surface area contributed by atoms with Crippen LogP contribution in [-0.2, 0) is 14.3 Å². The summed E-state index contributed by atoms with van der Waals surface area (Å²) >= 11 is 0. The molecule has 0 fully saturated rings. The molecule has 0 radical (unpaired) electrons. The first-order valence-corrected chi connectivity index (χ1v) is 16.6. The molecule has 0 saturated heterocycles. The van der Waals surface area contributed by atoms with Gasteiger partial charge in [-0.1, -0.05) is 53.7 Å². The van der Waals surface area contributed by atoms with Crippen LogP contribution in [0, 0.1) is 23.7 Å². The van der Waals surface area contributed by atoms with Gasteiger partial charge < -0.3 is 11.1 Å². The van der Waals surface area contributed by atoms with Gasteiger partial charge in [-0.15, -0.1) is 0 Å². The van der Waals surface area contributed by atoms with Crippen LogP contribution < -0.4 is 11.1 Å². The van der Waals surface area contributed by atoms with Crippen LogP contribution >= 0.6 is 0 Å². The molecule has 4 rings (SSSR count). The highest BCUT2D eigenvalue weighted by molar-refractivity contribution is 7.85. The zero-order valence-corrected chi connectivity index (χ0v) is 25.1. The summed E-state index contributed by atoms with van der Waals surface area (Å²) in [5, 5.41) is 6.64. The van der Waals surface area contributed by atoms with Crippen molar-refractivity contribution in [3.63, 3.8) is 0 Å². The smallest absolute Gasteiger partial charge is 0.264 e. The van der Waals surface area contributed by atoms with Gasteiger partial charge in [0.1, 0.15) is 0 Å². The molecule has 0 aliphatic heterocycles. The van der Waals surface area contributed by atoms with E-state index in [0.717, 1.165) is 56.9 Å². The predicted octanol–water partition coefficient (Wildman–Crippen LogP) is 6.84. The first-order valence-electron chi connectivity index (χ1n) is 14.7. The molecule has 0 spiro atoms. The lowest BCUT2D eigenvalue weighted by Gasteiger charge is -2.05. The fourth-order valence-electron chi connectivity index (χ4n) is 4.91. The maximum Gasteiger partial charge on any atom is 0.264 e. The Kier molecular flexibility index (Phi) is 20.6. The van der Waals surface area contributed by atoms with E-state index in [4.69, 9.17) is 11.3 Å². The van der Waals surface area contributed by atoms with Gasteiger partial charge in [-0.05, 0) is 126 Å². The molecule has 4 aliphatic carbocycles. The average Bonchev–Trinajstić information content (AvgIpc) is 3.73. The van der Waals surface area contributed by atoms with E-state index in [1.165, 1.54) is 51.4 Å². The Morgan fingerprint density at radius 2 is 1.31 bits per heavy atom. The van der Waals surface area contributed by atoms with E-state index < -0.39 is 10.1 Å². The Hall–Kier alpha value is -1.90. The summed E-state index contributed by atoms with van der Waals surface area (Å²) in [4.78, 5) is 2.70. The van der Waals surface area contributed by atoms with E-state index in [1.54, 1.807) is 0 Å². The van der Waals surface area contributed by atoms with E-state index in [1.807, 2.05) is 7.05 Å². The van der Waals surface area contributed by atoms with Gasteiger partial charge in [0, 0.05) is 11.5 Å². The Morgan fingerprint density at radius 3 is 1.69 bits per heavy atom. The summed E-state index contributed by atoms with van der Waals surface area (Å²) < 4.78 is 25.8. The number of nitrogens with two attached hydrogens (primary N) is 1. The van der Waals surface area contributed by atoms with Crippen molar-refractivity contribution in [1.82, 2.24) is 5.32 Å². The number of allylic oxidation sites excluding steroid dienone is 8. The maximum absolute atomic E-state index is 10.6. The second-order valence-corrected chi connectivity index (χ2v) is 12.2. The van der Waals surface area contributed by atoms with Crippen LogP contribution in [0.25, 0.3) is 10.4 Å². The Labute approximate surface area is 238 Å². The molecular formula is C30H53N5O3S. The van der Waals surface area contributed by atoms with Crippen molar-refractivity contribution in [2.75, 3.05) is 39.5 Å². The largest absolute Gasteiger partial charge is 0.330 e.